The molecule has 0 aromatic heterocycles. The minimum Gasteiger partial charge on any atom is -0.478 e. The zero-order valence-electron chi connectivity index (χ0n) is 24.3. The van der Waals surface area contributed by atoms with Crippen LogP contribution in [-0.2, 0) is 4.79 Å². The van der Waals surface area contributed by atoms with Crippen molar-refractivity contribution in [3.05, 3.63) is 75.2 Å². The van der Waals surface area contributed by atoms with E-state index in [2.05, 4.69) is 18.7 Å². The lowest BCUT2D eigenvalue weighted by Gasteiger charge is -2.40. The van der Waals surface area contributed by atoms with Crippen molar-refractivity contribution in [3.8, 4) is 0 Å². The maximum absolute atomic E-state index is 16.0. The number of nitrogens with zero attached hydrogens (tertiary/aromatic N) is 4. The lowest BCUT2D eigenvalue weighted by molar-refractivity contribution is -0.133. The number of amidine groups is 1. The first-order valence-electron chi connectivity index (χ1n) is 14.8. The second-order valence-electron chi connectivity index (χ2n) is 11.8. The summed E-state index contributed by atoms with van der Waals surface area (Å²) in [5.41, 5.74) is 1.33. The molecule has 3 aliphatic rings. The van der Waals surface area contributed by atoms with Crippen molar-refractivity contribution in [2.24, 2.45) is 16.8 Å². The van der Waals surface area contributed by atoms with Gasteiger partial charge in [0.15, 0.2) is 0 Å². The highest BCUT2D eigenvalue weighted by atomic mass is 35.5. The minimum atomic E-state index is -1.17. The minimum absolute atomic E-state index is 0.0172. The summed E-state index contributed by atoms with van der Waals surface area (Å²) in [4.78, 5) is 23.8. The Morgan fingerprint density at radius 2 is 1.62 bits per heavy atom. The van der Waals surface area contributed by atoms with E-state index in [1.165, 1.54) is 18.2 Å². The van der Waals surface area contributed by atoms with Crippen molar-refractivity contribution in [2.75, 3.05) is 44.2 Å². The standard InChI is InChI=1S/C32H38ClF3N4O2/c1-4-40-27(18-38-11-7-19(2)8-12-38)29(32(41)42)30(23-6-5-21(34)15-24(23)33)37-31(40)28-25(36)16-22(35)17-26(28)39-13-9-20(3)10-14-39/h5-6,15-17,19-20,30H,4,7-14,18H2,1-3H3,(H,41,42). The number of likely N-dealkylation sites (tertiary alicyclic amines) is 1. The third kappa shape index (κ3) is 6.18. The molecule has 10 heteroatoms. The molecule has 5 rings (SSSR count). The van der Waals surface area contributed by atoms with Gasteiger partial charge in [0.25, 0.3) is 0 Å². The van der Waals surface area contributed by atoms with Crippen LogP contribution in [0.1, 0.15) is 63.6 Å². The van der Waals surface area contributed by atoms with Crippen LogP contribution < -0.4 is 4.90 Å². The smallest absolute Gasteiger partial charge is 0.335 e. The number of halogens is 4. The third-order valence-electron chi connectivity index (χ3n) is 8.85. The van der Waals surface area contributed by atoms with Gasteiger partial charge in [-0.2, -0.15) is 0 Å². The number of hydrogen-bond acceptors (Lipinski definition) is 5. The van der Waals surface area contributed by atoms with Crippen LogP contribution in [0.2, 0.25) is 5.02 Å². The Kier molecular flexibility index (Phi) is 9.18. The molecular formula is C32H38ClF3N4O2. The molecule has 0 spiro atoms. The van der Waals surface area contributed by atoms with E-state index in [1.807, 2.05) is 11.8 Å². The first-order valence-corrected chi connectivity index (χ1v) is 15.2. The van der Waals surface area contributed by atoms with Gasteiger partial charge in [-0.25, -0.2) is 18.0 Å². The molecule has 42 heavy (non-hydrogen) atoms. The van der Waals surface area contributed by atoms with Crippen LogP contribution in [0.15, 0.2) is 46.6 Å². The summed E-state index contributed by atoms with van der Waals surface area (Å²) in [5, 5.41) is 10.6. The van der Waals surface area contributed by atoms with Gasteiger partial charge in [0.05, 0.1) is 16.8 Å². The fraction of sp³-hybridized carbons (Fsp3) is 0.500. The molecule has 1 unspecified atom stereocenters. The van der Waals surface area contributed by atoms with Gasteiger partial charge in [-0.15, -0.1) is 0 Å². The van der Waals surface area contributed by atoms with Crippen LogP contribution in [0.5, 0.6) is 0 Å². The second kappa shape index (κ2) is 12.7. The number of aliphatic carboxylic acids is 1. The molecular weight excluding hydrogens is 565 g/mol. The van der Waals surface area contributed by atoms with Gasteiger partial charge in [0.1, 0.15) is 29.3 Å². The van der Waals surface area contributed by atoms with Crippen LogP contribution >= 0.6 is 11.6 Å². The monoisotopic (exact) mass is 602 g/mol. The van der Waals surface area contributed by atoms with Crippen LogP contribution in [0.25, 0.3) is 0 Å². The molecule has 2 saturated heterocycles. The van der Waals surface area contributed by atoms with Crippen molar-refractivity contribution in [1.82, 2.24) is 9.80 Å². The fourth-order valence-electron chi connectivity index (χ4n) is 6.30. The van der Waals surface area contributed by atoms with E-state index in [0.717, 1.165) is 50.9 Å². The Bertz CT molecular complexity index is 1400. The van der Waals surface area contributed by atoms with Crippen molar-refractivity contribution < 1.29 is 23.1 Å². The highest BCUT2D eigenvalue weighted by molar-refractivity contribution is 6.31. The molecule has 1 N–H and O–H groups in total. The Morgan fingerprint density at radius 1 is 0.976 bits per heavy atom. The number of carboxylic acids is 1. The third-order valence-corrected chi connectivity index (χ3v) is 9.18. The Balaban J connectivity index is 1.71. The number of carbonyl (C=O) groups is 1. The molecule has 3 aliphatic heterocycles. The maximum atomic E-state index is 16.0. The average Bonchev–Trinajstić information content (AvgIpc) is 2.93. The molecule has 226 valence electrons. The Labute approximate surface area is 250 Å². The van der Waals surface area contributed by atoms with Crippen molar-refractivity contribution in [1.29, 1.82) is 0 Å². The summed E-state index contributed by atoms with van der Waals surface area (Å²) in [6, 6.07) is 4.85. The van der Waals surface area contributed by atoms with Gasteiger partial charge in [0, 0.05) is 48.5 Å². The summed E-state index contributed by atoms with van der Waals surface area (Å²) in [7, 11) is 0. The number of rotatable bonds is 7. The average molecular weight is 603 g/mol. The lowest BCUT2D eigenvalue weighted by Crippen LogP contribution is -2.45. The zero-order valence-corrected chi connectivity index (χ0v) is 25.1. The van der Waals surface area contributed by atoms with Crippen LogP contribution in [0.4, 0.5) is 18.9 Å². The number of likely N-dealkylation sites (N-methyl/N-ethyl adjacent to an activating group) is 1. The first-order chi connectivity index (χ1) is 20.1. The van der Waals surface area contributed by atoms with Crippen LogP contribution in [0.3, 0.4) is 0 Å². The highest BCUT2D eigenvalue weighted by Gasteiger charge is 2.39. The Hall–Kier alpha value is -3.04. The molecule has 0 radical (unpaired) electrons. The molecule has 3 heterocycles. The van der Waals surface area contributed by atoms with E-state index in [-0.39, 0.29) is 22.0 Å². The molecule has 0 bridgehead atoms. The molecule has 1 atom stereocenters. The van der Waals surface area contributed by atoms with Crippen LogP contribution in [-0.4, -0.2) is 66.0 Å². The summed E-state index contributed by atoms with van der Waals surface area (Å²) in [5.74, 6) is -1.89. The summed E-state index contributed by atoms with van der Waals surface area (Å²) in [6.07, 6.45) is 3.74. The van der Waals surface area contributed by atoms with E-state index >= 15 is 4.39 Å². The van der Waals surface area contributed by atoms with Crippen molar-refractivity contribution in [3.63, 3.8) is 0 Å². The second-order valence-corrected chi connectivity index (χ2v) is 12.2. The summed E-state index contributed by atoms with van der Waals surface area (Å²) >= 11 is 6.49. The van der Waals surface area contributed by atoms with Gasteiger partial charge >= 0.3 is 5.97 Å². The number of carboxylic acid groups (broad SMARTS) is 1. The SMILES string of the molecule is CCN1C(c2c(F)cc(F)cc2N2CCC(C)CC2)=NC(c2ccc(F)cc2Cl)C(C(=O)O)=C1CN1CCC(C)CC1. The molecule has 0 amide bonds. The number of anilines is 1. The topological polar surface area (TPSA) is 59.4 Å². The highest BCUT2D eigenvalue weighted by Crippen LogP contribution is 2.41. The van der Waals surface area contributed by atoms with Gasteiger partial charge < -0.3 is 14.9 Å². The first kappa shape index (κ1) is 30.4. The summed E-state index contributed by atoms with van der Waals surface area (Å²) < 4.78 is 44.8. The van der Waals surface area contributed by atoms with Gasteiger partial charge in [-0.05, 0) is 75.7 Å². The molecule has 0 saturated carbocycles. The van der Waals surface area contributed by atoms with Crippen molar-refractivity contribution in [2.45, 2.75) is 52.5 Å². The largest absolute Gasteiger partial charge is 0.478 e. The Morgan fingerprint density at radius 3 is 2.21 bits per heavy atom. The van der Waals surface area contributed by atoms with E-state index < -0.39 is 29.5 Å². The maximum Gasteiger partial charge on any atom is 0.335 e. The molecule has 2 fully saturated rings. The predicted molar refractivity (Wildman–Crippen MR) is 160 cm³/mol. The molecule has 2 aromatic carbocycles. The number of aliphatic imine (C=N–C) groups is 1. The molecule has 0 aliphatic carbocycles. The summed E-state index contributed by atoms with van der Waals surface area (Å²) in [6.45, 7) is 9.73. The number of hydrogen-bond donors (Lipinski definition) is 1. The van der Waals surface area contributed by atoms with E-state index in [0.29, 0.717) is 55.0 Å². The van der Waals surface area contributed by atoms with E-state index in [4.69, 9.17) is 16.6 Å². The molecule has 2 aromatic rings. The molecule has 6 nitrogen and oxygen atoms in total. The quantitative estimate of drug-likeness (QED) is 0.374. The van der Waals surface area contributed by atoms with E-state index in [1.54, 1.807) is 4.90 Å². The van der Waals surface area contributed by atoms with Gasteiger partial charge in [0.2, 0.25) is 0 Å². The number of benzene rings is 2. The van der Waals surface area contributed by atoms with Gasteiger partial charge in [-0.3, -0.25) is 9.89 Å². The van der Waals surface area contributed by atoms with Crippen LogP contribution in [0, 0.1) is 29.3 Å². The lowest BCUT2D eigenvalue weighted by atomic mass is 9.92. The van der Waals surface area contributed by atoms with Gasteiger partial charge in [-0.1, -0.05) is 31.5 Å². The van der Waals surface area contributed by atoms with Crippen molar-refractivity contribution >= 4 is 29.1 Å². The number of piperidine rings is 2. The fourth-order valence-corrected chi connectivity index (χ4v) is 6.57. The zero-order chi connectivity index (χ0) is 30.1. The van der Waals surface area contributed by atoms with E-state index in [9.17, 15) is 18.7 Å². The predicted octanol–water partition coefficient (Wildman–Crippen LogP) is 6.89. The normalized spacial score (nSPS) is 21.2.